The predicted molar refractivity (Wildman–Crippen MR) is 116 cm³/mol. The van der Waals surface area contributed by atoms with Gasteiger partial charge in [0.05, 0.1) is 4.90 Å². The molecule has 0 saturated carbocycles. The Bertz CT molecular complexity index is 996. The highest BCUT2D eigenvalue weighted by Gasteiger charge is 2.32. The minimum Gasteiger partial charge on any atom is -0.356 e. The molecule has 8 heteroatoms. The lowest BCUT2D eigenvalue weighted by atomic mass is 9.97. The maximum atomic E-state index is 12.8. The molecule has 2 aromatic rings. The second kappa shape index (κ2) is 9.73. The van der Waals surface area contributed by atoms with Crippen molar-refractivity contribution in [3.8, 4) is 0 Å². The van der Waals surface area contributed by atoms with E-state index < -0.39 is 10.0 Å². The zero-order chi connectivity index (χ0) is 21.7. The van der Waals surface area contributed by atoms with E-state index >= 15 is 0 Å². The molecule has 0 atom stereocenters. The lowest BCUT2D eigenvalue weighted by Crippen LogP contribution is -2.43. The van der Waals surface area contributed by atoms with Gasteiger partial charge in [-0.2, -0.15) is 4.31 Å². The van der Waals surface area contributed by atoms with Crippen LogP contribution in [0.2, 0.25) is 5.02 Å². The standard InChI is InChI=1S/C22H25ClN2O4S/c1-16(26)18-4-8-21(9-5-18)30(28,29)25-14-11-19(12-15-25)22(27)24-13-10-17-2-6-20(23)7-3-17/h2-9,19H,10-15H2,1H3,(H,24,27). The van der Waals surface area contributed by atoms with Crippen molar-refractivity contribution >= 4 is 33.3 Å². The summed E-state index contributed by atoms with van der Waals surface area (Å²) in [6, 6.07) is 13.5. The monoisotopic (exact) mass is 448 g/mol. The van der Waals surface area contributed by atoms with E-state index in [9.17, 15) is 18.0 Å². The van der Waals surface area contributed by atoms with Crippen molar-refractivity contribution in [3.05, 3.63) is 64.7 Å². The van der Waals surface area contributed by atoms with E-state index in [1.165, 1.54) is 35.5 Å². The molecular formula is C22H25ClN2O4S. The maximum absolute atomic E-state index is 12.8. The molecule has 1 fully saturated rings. The third kappa shape index (κ3) is 5.47. The lowest BCUT2D eigenvalue weighted by Gasteiger charge is -2.30. The Balaban J connectivity index is 1.50. The zero-order valence-corrected chi connectivity index (χ0v) is 18.4. The van der Waals surface area contributed by atoms with Crippen LogP contribution in [0.25, 0.3) is 0 Å². The number of hydrogen-bond donors (Lipinski definition) is 1. The first-order valence-corrected chi connectivity index (χ1v) is 11.7. The maximum Gasteiger partial charge on any atom is 0.243 e. The van der Waals surface area contributed by atoms with Crippen LogP contribution in [-0.2, 0) is 21.2 Å². The van der Waals surface area contributed by atoms with Crippen LogP contribution in [0.5, 0.6) is 0 Å². The SMILES string of the molecule is CC(=O)c1ccc(S(=O)(=O)N2CCC(C(=O)NCCc3ccc(Cl)cc3)CC2)cc1. The molecule has 1 N–H and O–H groups in total. The topological polar surface area (TPSA) is 83.6 Å². The minimum atomic E-state index is -3.63. The molecule has 0 aliphatic carbocycles. The van der Waals surface area contributed by atoms with Crippen LogP contribution >= 0.6 is 11.6 Å². The summed E-state index contributed by atoms with van der Waals surface area (Å²) >= 11 is 5.87. The van der Waals surface area contributed by atoms with Gasteiger partial charge >= 0.3 is 0 Å². The Hall–Kier alpha value is -2.22. The molecule has 0 radical (unpaired) electrons. The fourth-order valence-electron chi connectivity index (χ4n) is 3.49. The summed E-state index contributed by atoms with van der Waals surface area (Å²) in [5.74, 6) is -0.338. The number of rotatable bonds is 7. The first kappa shape index (κ1) is 22.5. The van der Waals surface area contributed by atoms with E-state index in [2.05, 4.69) is 5.32 Å². The number of nitrogens with one attached hydrogen (secondary N) is 1. The van der Waals surface area contributed by atoms with Gasteiger partial charge in [0.25, 0.3) is 0 Å². The Morgan fingerprint density at radius 1 is 1.03 bits per heavy atom. The molecule has 30 heavy (non-hydrogen) atoms. The summed E-state index contributed by atoms with van der Waals surface area (Å²) in [5, 5.41) is 3.63. The fourth-order valence-corrected chi connectivity index (χ4v) is 5.09. The van der Waals surface area contributed by atoms with Gasteiger partial charge in [0.15, 0.2) is 5.78 Å². The first-order chi connectivity index (χ1) is 14.3. The Morgan fingerprint density at radius 3 is 2.20 bits per heavy atom. The highest BCUT2D eigenvalue weighted by Crippen LogP contribution is 2.24. The van der Waals surface area contributed by atoms with Crippen LogP contribution < -0.4 is 5.32 Å². The Kier molecular flexibility index (Phi) is 7.28. The number of benzene rings is 2. The molecule has 6 nitrogen and oxygen atoms in total. The van der Waals surface area contributed by atoms with Gasteiger partial charge in [0, 0.05) is 36.1 Å². The van der Waals surface area contributed by atoms with E-state index in [1.807, 2.05) is 24.3 Å². The van der Waals surface area contributed by atoms with Gasteiger partial charge in [-0.15, -0.1) is 0 Å². The number of nitrogens with zero attached hydrogens (tertiary/aromatic N) is 1. The van der Waals surface area contributed by atoms with E-state index in [4.69, 9.17) is 11.6 Å². The largest absolute Gasteiger partial charge is 0.356 e. The molecular weight excluding hydrogens is 424 g/mol. The van der Waals surface area contributed by atoms with Crippen molar-refractivity contribution < 1.29 is 18.0 Å². The summed E-state index contributed by atoms with van der Waals surface area (Å²) in [7, 11) is -3.63. The molecule has 0 aromatic heterocycles. The Morgan fingerprint density at radius 2 is 1.63 bits per heavy atom. The van der Waals surface area contributed by atoms with Crippen LogP contribution in [0.15, 0.2) is 53.4 Å². The van der Waals surface area contributed by atoms with Crippen LogP contribution in [-0.4, -0.2) is 44.0 Å². The third-order valence-electron chi connectivity index (χ3n) is 5.35. The van der Waals surface area contributed by atoms with Gasteiger partial charge in [-0.05, 0) is 56.0 Å². The molecule has 1 heterocycles. The number of carbonyl (C=O) groups is 2. The van der Waals surface area contributed by atoms with Crippen molar-refractivity contribution in [3.63, 3.8) is 0 Å². The van der Waals surface area contributed by atoms with Gasteiger partial charge < -0.3 is 5.32 Å². The van der Waals surface area contributed by atoms with Crippen molar-refractivity contribution in [2.75, 3.05) is 19.6 Å². The smallest absolute Gasteiger partial charge is 0.243 e. The highest BCUT2D eigenvalue weighted by molar-refractivity contribution is 7.89. The average Bonchev–Trinajstić information content (AvgIpc) is 2.75. The molecule has 1 aliphatic heterocycles. The van der Waals surface area contributed by atoms with Crippen LogP contribution in [0, 0.1) is 5.92 Å². The molecule has 1 aliphatic rings. The van der Waals surface area contributed by atoms with Crippen molar-refractivity contribution in [1.82, 2.24) is 9.62 Å². The molecule has 160 valence electrons. The molecule has 2 aromatic carbocycles. The van der Waals surface area contributed by atoms with Gasteiger partial charge in [-0.25, -0.2) is 8.42 Å². The average molecular weight is 449 g/mol. The van der Waals surface area contributed by atoms with Crippen molar-refractivity contribution in [1.29, 1.82) is 0 Å². The van der Waals surface area contributed by atoms with Crippen LogP contribution in [0.1, 0.15) is 35.7 Å². The third-order valence-corrected chi connectivity index (χ3v) is 7.51. The molecule has 3 rings (SSSR count). The van der Waals surface area contributed by atoms with Crippen LogP contribution in [0.4, 0.5) is 0 Å². The number of amides is 1. The highest BCUT2D eigenvalue weighted by atomic mass is 35.5. The number of ketones is 1. The second-order valence-electron chi connectivity index (χ2n) is 7.43. The number of carbonyl (C=O) groups excluding carboxylic acids is 2. The van der Waals surface area contributed by atoms with Crippen molar-refractivity contribution in [2.24, 2.45) is 5.92 Å². The summed E-state index contributed by atoms with van der Waals surface area (Å²) < 4.78 is 27.1. The van der Waals surface area contributed by atoms with Gasteiger partial charge in [-0.3, -0.25) is 9.59 Å². The molecule has 1 amide bonds. The molecule has 0 spiro atoms. The summed E-state index contributed by atoms with van der Waals surface area (Å²) in [6.07, 6.45) is 1.68. The normalized spacial score (nSPS) is 15.7. The lowest BCUT2D eigenvalue weighted by molar-refractivity contribution is -0.126. The van der Waals surface area contributed by atoms with Crippen molar-refractivity contribution in [2.45, 2.75) is 31.1 Å². The number of piperidine rings is 1. The van der Waals surface area contributed by atoms with Crippen LogP contribution in [0.3, 0.4) is 0 Å². The number of Topliss-reactive ketones (excluding diaryl/α,β-unsaturated/α-hetero) is 1. The molecule has 0 bridgehead atoms. The number of hydrogen-bond acceptors (Lipinski definition) is 4. The molecule has 0 unspecified atom stereocenters. The minimum absolute atomic E-state index is 0.0353. The second-order valence-corrected chi connectivity index (χ2v) is 9.80. The summed E-state index contributed by atoms with van der Waals surface area (Å²) in [5.41, 5.74) is 1.57. The van der Waals surface area contributed by atoms with Gasteiger partial charge in [-0.1, -0.05) is 35.9 Å². The quantitative estimate of drug-likeness (QED) is 0.658. The predicted octanol–water partition coefficient (Wildman–Crippen LogP) is 3.30. The van der Waals surface area contributed by atoms with Gasteiger partial charge in [0.2, 0.25) is 15.9 Å². The molecule has 1 saturated heterocycles. The van der Waals surface area contributed by atoms with E-state index in [-0.39, 0.29) is 22.5 Å². The van der Waals surface area contributed by atoms with E-state index in [0.29, 0.717) is 49.5 Å². The number of sulfonamides is 1. The van der Waals surface area contributed by atoms with Gasteiger partial charge in [0.1, 0.15) is 0 Å². The zero-order valence-electron chi connectivity index (χ0n) is 16.8. The first-order valence-electron chi connectivity index (χ1n) is 9.90. The fraction of sp³-hybridized carbons (Fsp3) is 0.364. The Labute approximate surface area is 182 Å². The number of halogens is 1. The van der Waals surface area contributed by atoms with E-state index in [0.717, 1.165) is 5.56 Å². The summed E-state index contributed by atoms with van der Waals surface area (Å²) in [4.78, 5) is 24.0. The summed E-state index contributed by atoms with van der Waals surface area (Å²) in [6.45, 7) is 2.56. The van der Waals surface area contributed by atoms with E-state index in [1.54, 1.807) is 0 Å².